The average molecular weight is 827 g/mol. The number of nitrogens with zero attached hydrogens (tertiary/aromatic N) is 6. The molecule has 3 aromatic heterocycles. The number of imidazole rings is 1. The number of hydrogen-bond acceptors (Lipinski definition) is 15. The van der Waals surface area contributed by atoms with Gasteiger partial charge in [0.1, 0.15) is 29.8 Å². The highest BCUT2D eigenvalue weighted by molar-refractivity contribution is 7.89. The Morgan fingerprint density at radius 2 is 1.64 bits per heavy atom. The van der Waals surface area contributed by atoms with Crippen molar-refractivity contribution in [3.63, 3.8) is 0 Å². The molecule has 2 unspecified atom stereocenters. The number of benzene rings is 3. The molecule has 20 heteroatoms. The minimum Gasteiger partial charge on any atom is -0.508 e. The summed E-state index contributed by atoms with van der Waals surface area (Å²) in [5.74, 6) is 0.886. The molecule has 2 amide bonds. The number of aromatic nitrogens is 5. The second-order valence-corrected chi connectivity index (χ2v) is 16.0. The number of aryl methyl sites for hydroxylation is 1. The Morgan fingerprint density at radius 3 is 2.27 bits per heavy atom. The normalized spacial score (nSPS) is 20.7. The van der Waals surface area contributed by atoms with Crippen LogP contribution in [0.3, 0.4) is 0 Å². The zero-order chi connectivity index (χ0) is 41.4. The zero-order valence-corrected chi connectivity index (χ0v) is 32.4. The van der Waals surface area contributed by atoms with Crippen molar-refractivity contribution in [2.24, 2.45) is 5.14 Å². The van der Waals surface area contributed by atoms with Crippen molar-refractivity contribution in [2.75, 3.05) is 35.2 Å². The highest BCUT2D eigenvalue weighted by Crippen LogP contribution is 2.41. The van der Waals surface area contributed by atoms with Crippen LogP contribution in [0.15, 0.2) is 94.6 Å². The first-order chi connectivity index (χ1) is 28.3. The number of anilines is 3. The van der Waals surface area contributed by atoms with E-state index in [2.05, 4.69) is 26.1 Å². The number of primary sulfonamides is 1. The van der Waals surface area contributed by atoms with Gasteiger partial charge in [-0.3, -0.25) is 4.57 Å². The number of aliphatic hydroxyl groups is 2. The quantitative estimate of drug-likeness (QED) is 0.0881. The van der Waals surface area contributed by atoms with Gasteiger partial charge < -0.3 is 50.5 Å². The van der Waals surface area contributed by atoms with Crippen molar-refractivity contribution in [1.82, 2.24) is 30.0 Å². The molecule has 9 N–H and O–H groups in total. The summed E-state index contributed by atoms with van der Waals surface area (Å²) in [6, 6.07) is 20.0. The number of ether oxygens (including phenoxy) is 1. The van der Waals surface area contributed by atoms with E-state index in [1.165, 1.54) is 35.2 Å². The first-order valence-corrected chi connectivity index (χ1v) is 20.4. The zero-order valence-electron chi connectivity index (χ0n) is 31.6. The van der Waals surface area contributed by atoms with Gasteiger partial charge in [-0.1, -0.05) is 36.3 Å². The lowest BCUT2D eigenvalue weighted by Crippen LogP contribution is -2.40. The number of rotatable bonds is 12. The number of aliphatic hydroxyl groups excluding tert-OH is 2. The number of phenolic OH excluding ortho intramolecular Hbond substituents is 2. The molecule has 19 nitrogen and oxygen atoms in total. The number of carbonyl (C=O) groups is 1. The molecule has 2 aliphatic heterocycles. The first-order valence-electron chi connectivity index (χ1n) is 18.8. The molecule has 0 aliphatic carbocycles. The molecule has 5 atom stereocenters. The van der Waals surface area contributed by atoms with Gasteiger partial charge in [0.05, 0.1) is 16.9 Å². The summed E-state index contributed by atoms with van der Waals surface area (Å²) in [4.78, 5) is 29.2. The highest BCUT2D eigenvalue weighted by atomic mass is 32.2. The topological polar surface area (TPSA) is 276 Å². The molecule has 308 valence electrons. The van der Waals surface area contributed by atoms with Crippen molar-refractivity contribution in [3.8, 4) is 11.5 Å². The number of phenols is 2. The van der Waals surface area contributed by atoms with Crippen molar-refractivity contribution in [3.05, 3.63) is 108 Å². The Labute approximate surface area is 337 Å². The van der Waals surface area contributed by atoms with E-state index in [0.717, 1.165) is 11.1 Å². The predicted octanol–water partition coefficient (Wildman–Crippen LogP) is 3.07. The second-order valence-electron chi connectivity index (χ2n) is 14.4. The summed E-state index contributed by atoms with van der Waals surface area (Å²) in [5, 5.41) is 60.7. The number of nitrogens with two attached hydrogens (primary N) is 1. The molecule has 0 spiro atoms. The fraction of sp³-hybridized carbons (Fsp3) is 0.308. The number of amides is 2. The monoisotopic (exact) mass is 826 g/mol. The second kappa shape index (κ2) is 16.1. The fourth-order valence-corrected chi connectivity index (χ4v) is 7.81. The minimum absolute atomic E-state index is 0.0799. The third kappa shape index (κ3) is 8.34. The van der Waals surface area contributed by atoms with Crippen LogP contribution < -0.4 is 26.0 Å². The number of urea groups is 1. The summed E-state index contributed by atoms with van der Waals surface area (Å²) in [6.07, 6.45) is -2.28. The number of hydrogen-bond donors (Lipinski definition) is 8. The van der Waals surface area contributed by atoms with Crippen LogP contribution in [0.2, 0.25) is 0 Å². The van der Waals surface area contributed by atoms with Crippen molar-refractivity contribution >= 4 is 44.7 Å². The Hall–Kier alpha value is -6.32. The van der Waals surface area contributed by atoms with Gasteiger partial charge in [-0.25, -0.2) is 23.3 Å². The molecule has 2 saturated heterocycles. The molecule has 2 fully saturated rings. The van der Waals surface area contributed by atoms with Crippen LogP contribution in [0.5, 0.6) is 11.5 Å². The summed E-state index contributed by atoms with van der Waals surface area (Å²) >= 11 is 0. The lowest BCUT2D eigenvalue weighted by atomic mass is 9.91. The molecular weight excluding hydrogens is 785 g/mol. The first kappa shape index (κ1) is 39.5. The molecular formula is C39H42N10O9S. The number of aromatic hydroxyl groups is 2. The van der Waals surface area contributed by atoms with Crippen molar-refractivity contribution < 1.29 is 42.9 Å². The smallest absolute Gasteiger partial charge is 0.319 e. The van der Waals surface area contributed by atoms with Crippen LogP contribution in [0, 0.1) is 0 Å². The minimum atomic E-state index is -3.89. The average Bonchev–Trinajstić information content (AvgIpc) is 4.03. The fourth-order valence-electron chi connectivity index (χ4n) is 7.29. The van der Waals surface area contributed by atoms with Crippen LogP contribution in [0.25, 0.3) is 11.2 Å². The Kier molecular flexibility index (Phi) is 10.8. The third-order valence-electron chi connectivity index (χ3n) is 10.5. The van der Waals surface area contributed by atoms with Gasteiger partial charge in [-0.15, -0.1) is 0 Å². The van der Waals surface area contributed by atoms with E-state index in [1.807, 2.05) is 36.1 Å². The Morgan fingerprint density at radius 1 is 0.966 bits per heavy atom. The summed E-state index contributed by atoms with van der Waals surface area (Å²) in [7, 11) is -3.89. The maximum Gasteiger partial charge on any atom is 0.319 e. The molecule has 5 heterocycles. The van der Waals surface area contributed by atoms with Crippen molar-refractivity contribution in [2.45, 2.75) is 61.2 Å². The van der Waals surface area contributed by atoms with Gasteiger partial charge in [0.15, 0.2) is 29.0 Å². The molecule has 0 saturated carbocycles. The van der Waals surface area contributed by atoms with Crippen molar-refractivity contribution in [1.29, 1.82) is 0 Å². The molecule has 8 rings (SSSR count). The van der Waals surface area contributed by atoms with Crippen LogP contribution in [0.4, 0.5) is 22.2 Å². The Balaban J connectivity index is 1.08. The van der Waals surface area contributed by atoms with Gasteiger partial charge in [-0.05, 0) is 72.5 Å². The molecule has 2 aliphatic rings. The van der Waals surface area contributed by atoms with Crippen LogP contribution in [0.1, 0.15) is 54.2 Å². The largest absolute Gasteiger partial charge is 0.508 e. The van der Waals surface area contributed by atoms with Crippen LogP contribution >= 0.6 is 0 Å². The Bertz CT molecular complexity index is 2510. The number of carbonyl (C=O) groups excluding carboxylic acids is 1. The van der Waals surface area contributed by atoms with E-state index >= 15 is 0 Å². The highest BCUT2D eigenvalue weighted by Gasteiger charge is 2.47. The summed E-state index contributed by atoms with van der Waals surface area (Å²) < 4.78 is 36.4. The lowest BCUT2D eigenvalue weighted by molar-refractivity contribution is -0.0434. The van der Waals surface area contributed by atoms with Gasteiger partial charge in [0.25, 0.3) is 0 Å². The summed E-state index contributed by atoms with van der Waals surface area (Å²) in [5.41, 5.74) is 3.45. The van der Waals surface area contributed by atoms with Crippen LogP contribution in [-0.4, -0.2) is 97.4 Å². The van der Waals surface area contributed by atoms with Crippen LogP contribution in [-0.2, 0) is 21.2 Å². The van der Waals surface area contributed by atoms with E-state index < -0.39 is 40.6 Å². The number of sulfonamides is 1. The predicted molar refractivity (Wildman–Crippen MR) is 213 cm³/mol. The van der Waals surface area contributed by atoms with E-state index in [1.54, 1.807) is 30.3 Å². The number of fused-ring (bicyclic) bond motifs is 1. The SMILES string of the molecule is CCc1cc([C@@H]2O[C@@H](n3cnc4c(NCC(c5ccc(O)cc5)c5ccc(O)cc5)nc(N5CCC(NC(=O)Nc6ccc(S(N)(=O)=O)cc6)C5)nc43)[C@H](O)C2O)on1. The van der Waals surface area contributed by atoms with E-state index in [0.29, 0.717) is 66.8 Å². The van der Waals surface area contributed by atoms with E-state index in [-0.39, 0.29) is 34.1 Å². The standard InChI is InChI=1S/C39H42N10O9S/c1-2-23-17-30(58-47-23)34-32(52)33(53)37(57-34)49-20-42-31-35(41-18-29(21-3-9-26(50)10-4-21)22-5-11-27(51)12-6-22)45-38(46-36(31)49)48-16-15-25(19-48)44-39(54)43-24-7-13-28(14-8-24)59(40,55)56/h3-14,17,20,25,29,32-34,37,50-53H,2,15-16,18-19H2,1H3,(H2,40,55,56)(H,41,45,46)(H2,43,44,54)/t25?,32?,33-,34+,37-/m1/s1. The van der Waals surface area contributed by atoms with E-state index in [9.17, 15) is 33.6 Å². The third-order valence-corrected chi connectivity index (χ3v) is 11.4. The molecule has 3 aromatic carbocycles. The molecule has 59 heavy (non-hydrogen) atoms. The maximum absolute atomic E-state index is 13.0. The maximum atomic E-state index is 13.0. The summed E-state index contributed by atoms with van der Waals surface area (Å²) in [6.45, 7) is 3.00. The molecule has 0 radical (unpaired) electrons. The van der Waals surface area contributed by atoms with E-state index in [4.69, 9.17) is 24.4 Å². The number of nitrogens with one attached hydrogen (secondary N) is 3. The molecule has 0 bridgehead atoms. The van der Waals surface area contributed by atoms with Gasteiger partial charge in [0.2, 0.25) is 16.0 Å². The van der Waals surface area contributed by atoms with Gasteiger partial charge in [-0.2, -0.15) is 9.97 Å². The van der Waals surface area contributed by atoms with Gasteiger partial charge in [0, 0.05) is 43.3 Å². The lowest BCUT2D eigenvalue weighted by Gasteiger charge is -2.22. The van der Waals surface area contributed by atoms with Gasteiger partial charge >= 0.3 is 6.03 Å². The molecule has 6 aromatic rings.